The van der Waals surface area contributed by atoms with Gasteiger partial charge in [-0.15, -0.1) is 0 Å². The third kappa shape index (κ3) is 3.06. The molecule has 0 spiro atoms. The molecule has 2 N–H and O–H groups in total. The van der Waals surface area contributed by atoms with Crippen molar-refractivity contribution in [3.8, 4) is 0 Å². The van der Waals surface area contributed by atoms with Crippen LogP contribution in [-0.4, -0.2) is 17.0 Å². The van der Waals surface area contributed by atoms with Crippen molar-refractivity contribution in [2.75, 3.05) is 5.32 Å². The molecule has 0 heterocycles. The van der Waals surface area contributed by atoms with E-state index in [-0.39, 0.29) is 22.3 Å². The minimum atomic E-state index is -0.978. The van der Waals surface area contributed by atoms with Gasteiger partial charge >= 0.3 is 5.97 Å². The Morgan fingerprint density at radius 2 is 1.69 bits per heavy atom. The smallest absolute Gasteiger partial charge is 0.335 e. The molecule has 2 unspecified atom stereocenters. The van der Waals surface area contributed by atoms with Gasteiger partial charge in [0.2, 0.25) is 5.91 Å². The van der Waals surface area contributed by atoms with Crippen molar-refractivity contribution >= 4 is 17.6 Å². The van der Waals surface area contributed by atoms with Crippen molar-refractivity contribution in [1.29, 1.82) is 0 Å². The Morgan fingerprint density at radius 1 is 1.00 bits per heavy atom. The second kappa shape index (κ2) is 6.45. The van der Waals surface area contributed by atoms with Crippen LogP contribution in [0.5, 0.6) is 0 Å². The fourth-order valence-electron chi connectivity index (χ4n) is 6.77. The fraction of sp³-hybridized carbons (Fsp3) is 0.440. The van der Waals surface area contributed by atoms with E-state index in [1.54, 1.807) is 24.3 Å². The van der Waals surface area contributed by atoms with Gasteiger partial charge in [0, 0.05) is 5.69 Å². The van der Waals surface area contributed by atoms with Gasteiger partial charge in [0.05, 0.1) is 11.0 Å². The number of nitrogens with one attached hydrogen (secondary N) is 1. The topological polar surface area (TPSA) is 66.4 Å². The van der Waals surface area contributed by atoms with Gasteiger partial charge in [0.1, 0.15) is 0 Å². The van der Waals surface area contributed by atoms with Crippen LogP contribution in [0.15, 0.2) is 48.5 Å². The lowest BCUT2D eigenvalue weighted by Gasteiger charge is -2.61. The minimum absolute atomic E-state index is 0.0747. The first-order valence-electron chi connectivity index (χ1n) is 10.6. The van der Waals surface area contributed by atoms with Crippen LogP contribution in [0.3, 0.4) is 0 Å². The first kappa shape index (κ1) is 18.4. The molecule has 4 nitrogen and oxygen atoms in total. The zero-order valence-electron chi connectivity index (χ0n) is 16.8. The largest absolute Gasteiger partial charge is 0.478 e. The summed E-state index contributed by atoms with van der Waals surface area (Å²) in [5.41, 5.74) is 3.21. The molecule has 0 radical (unpaired) electrons. The van der Waals surface area contributed by atoms with Crippen molar-refractivity contribution in [2.45, 2.75) is 50.9 Å². The van der Waals surface area contributed by atoms with Crippen LogP contribution < -0.4 is 5.32 Å². The van der Waals surface area contributed by atoms with E-state index >= 15 is 0 Å². The van der Waals surface area contributed by atoms with Gasteiger partial charge in [-0.1, -0.05) is 35.9 Å². The number of aromatic carboxylic acids is 1. The summed E-state index contributed by atoms with van der Waals surface area (Å²) in [6.07, 6.45) is 6.45. The van der Waals surface area contributed by atoms with Crippen LogP contribution in [-0.2, 0) is 10.2 Å². The Bertz CT molecular complexity index is 964. The number of anilines is 1. The zero-order valence-corrected chi connectivity index (χ0v) is 16.8. The highest BCUT2D eigenvalue weighted by atomic mass is 16.4. The number of carbonyl (C=O) groups excluding carboxylic acids is 1. The summed E-state index contributed by atoms with van der Waals surface area (Å²) in [4.78, 5) is 24.8. The van der Waals surface area contributed by atoms with Crippen molar-refractivity contribution in [3.63, 3.8) is 0 Å². The van der Waals surface area contributed by atoms with Crippen LogP contribution in [0.1, 0.15) is 60.0 Å². The molecule has 29 heavy (non-hydrogen) atoms. The first-order chi connectivity index (χ1) is 13.9. The van der Waals surface area contributed by atoms with E-state index in [0.717, 1.165) is 19.3 Å². The summed E-state index contributed by atoms with van der Waals surface area (Å²) in [6, 6.07) is 15.5. The lowest BCUT2D eigenvalue weighted by atomic mass is 9.42. The van der Waals surface area contributed by atoms with Gasteiger partial charge in [-0.3, -0.25) is 4.79 Å². The predicted molar refractivity (Wildman–Crippen MR) is 112 cm³/mol. The van der Waals surface area contributed by atoms with Crippen LogP contribution in [0.2, 0.25) is 0 Å². The molecular weight excluding hydrogens is 362 g/mol. The van der Waals surface area contributed by atoms with Crippen molar-refractivity contribution in [1.82, 2.24) is 0 Å². The fourth-order valence-corrected chi connectivity index (χ4v) is 6.77. The summed E-state index contributed by atoms with van der Waals surface area (Å²) >= 11 is 0. The number of hydrogen-bond acceptors (Lipinski definition) is 2. The molecule has 4 aliphatic carbocycles. The van der Waals surface area contributed by atoms with E-state index in [0.29, 0.717) is 17.5 Å². The van der Waals surface area contributed by atoms with E-state index in [1.165, 1.54) is 30.4 Å². The third-order valence-corrected chi connectivity index (χ3v) is 7.57. The van der Waals surface area contributed by atoms with Gasteiger partial charge < -0.3 is 10.4 Å². The Balaban J connectivity index is 1.45. The molecule has 2 aromatic carbocycles. The van der Waals surface area contributed by atoms with Crippen LogP contribution in [0, 0.1) is 24.2 Å². The Morgan fingerprint density at radius 3 is 2.34 bits per heavy atom. The molecule has 150 valence electrons. The summed E-state index contributed by atoms with van der Waals surface area (Å²) in [5, 5.41) is 12.3. The molecular formula is C25H27NO3. The number of rotatable bonds is 4. The quantitative estimate of drug-likeness (QED) is 0.758. The number of aryl methyl sites for hydroxylation is 1. The summed E-state index contributed by atoms with van der Waals surface area (Å²) < 4.78 is 0. The normalized spacial score (nSPS) is 32.2. The SMILES string of the molecule is Cc1ccc(C23C[C@@H]4C[C@@H](CC(C(=O)Nc5cccc(C(=O)O)c5)(C4)C2)C3)cc1. The third-order valence-electron chi connectivity index (χ3n) is 7.57. The molecule has 0 aliphatic heterocycles. The van der Waals surface area contributed by atoms with E-state index in [9.17, 15) is 14.7 Å². The van der Waals surface area contributed by atoms with Crippen LogP contribution in [0.25, 0.3) is 0 Å². The summed E-state index contributed by atoms with van der Waals surface area (Å²) in [5.74, 6) is 0.308. The summed E-state index contributed by atoms with van der Waals surface area (Å²) in [7, 11) is 0. The number of carboxylic acids is 1. The second-order valence-corrected chi connectivity index (χ2v) is 9.73. The van der Waals surface area contributed by atoms with E-state index in [2.05, 4.69) is 36.5 Å². The lowest BCUT2D eigenvalue weighted by molar-refractivity contribution is -0.143. The van der Waals surface area contributed by atoms with Crippen LogP contribution >= 0.6 is 0 Å². The van der Waals surface area contributed by atoms with Crippen molar-refractivity contribution in [3.05, 3.63) is 65.2 Å². The molecule has 4 bridgehead atoms. The molecule has 4 heteroatoms. The number of carbonyl (C=O) groups is 2. The highest BCUT2D eigenvalue weighted by Crippen LogP contribution is 2.66. The lowest BCUT2D eigenvalue weighted by Crippen LogP contribution is -2.57. The van der Waals surface area contributed by atoms with Crippen molar-refractivity contribution < 1.29 is 14.7 Å². The van der Waals surface area contributed by atoms with Crippen molar-refractivity contribution in [2.24, 2.45) is 17.3 Å². The number of hydrogen-bond donors (Lipinski definition) is 2. The van der Waals surface area contributed by atoms with Crippen LogP contribution in [0.4, 0.5) is 5.69 Å². The van der Waals surface area contributed by atoms with Gasteiger partial charge in [0.15, 0.2) is 0 Å². The minimum Gasteiger partial charge on any atom is -0.478 e. The molecule has 4 fully saturated rings. The van der Waals surface area contributed by atoms with Gasteiger partial charge in [-0.05, 0) is 86.5 Å². The zero-order chi connectivity index (χ0) is 20.2. The van der Waals surface area contributed by atoms with Gasteiger partial charge in [0.25, 0.3) is 0 Å². The number of benzene rings is 2. The average molecular weight is 389 g/mol. The molecule has 0 saturated heterocycles. The second-order valence-electron chi connectivity index (χ2n) is 9.73. The monoisotopic (exact) mass is 389 g/mol. The highest BCUT2D eigenvalue weighted by Gasteiger charge is 2.60. The molecule has 0 aromatic heterocycles. The average Bonchev–Trinajstić information content (AvgIpc) is 2.67. The van der Waals surface area contributed by atoms with Gasteiger partial charge in [-0.2, -0.15) is 0 Å². The molecule has 1 amide bonds. The maximum Gasteiger partial charge on any atom is 0.335 e. The first-order valence-corrected chi connectivity index (χ1v) is 10.6. The molecule has 6 rings (SSSR count). The highest BCUT2D eigenvalue weighted by molar-refractivity contribution is 5.97. The predicted octanol–water partition coefficient (Wildman–Crippen LogP) is 5.17. The Kier molecular flexibility index (Phi) is 4.09. The molecule has 2 aromatic rings. The molecule has 4 atom stereocenters. The standard InChI is InChI=1S/C25H27NO3/c1-16-5-7-20(8-6-16)24-11-17-9-18(12-24)14-25(13-17,15-24)23(29)26-21-4-2-3-19(10-21)22(27)28/h2-8,10,17-18H,9,11-15H2,1H3,(H,26,29)(H,27,28)/t17-,18+,24?,25?. The number of carboxylic acid groups (broad SMARTS) is 1. The maximum atomic E-state index is 13.5. The number of amides is 1. The Hall–Kier alpha value is -2.62. The summed E-state index contributed by atoms with van der Waals surface area (Å²) in [6.45, 7) is 2.11. The van der Waals surface area contributed by atoms with E-state index < -0.39 is 5.97 Å². The Labute approximate surface area is 171 Å². The molecule has 4 aliphatic rings. The van der Waals surface area contributed by atoms with E-state index in [4.69, 9.17) is 0 Å². The van der Waals surface area contributed by atoms with E-state index in [1.807, 2.05) is 0 Å². The maximum absolute atomic E-state index is 13.5. The van der Waals surface area contributed by atoms with Gasteiger partial charge in [-0.25, -0.2) is 4.79 Å². The molecule has 4 saturated carbocycles.